The smallest absolute Gasteiger partial charge is 0.153 e. The van der Waals surface area contributed by atoms with Gasteiger partial charge in [-0.15, -0.1) is 0 Å². The van der Waals surface area contributed by atoms with Crippen LogP contribution in [0.15, 0.2) is 0 Å². The lowest BCUT2D eigenvalue weighted by atomic mass is 9.84. The van der Waals surface area contributed by atoms with Gasteiger partial charge in [0.1, 0.15) is 0 Å². The Labute approximate surface area is 113 Å². The van der Waals surface area contributed by atoms with Crippen molar-refractivity contribution in [3.8, 4) is 0 Å². The van der Waals surface area contributed by atoms with Gasteiger partial charge in [-0.1, -0.05) is 40.0 Å². The van der Waals surface area contributed by atoms with Crippen molar-refractivity contribution in [2.24, 2.45) is 5.92 Å². The van der Waals surface area contributed by atoms with Crippen LogP contribution >= 0.6 is 0 Å². The maximum atomic E-state index is 12.6. The highest BCUT2D eigenvalue weighted by atomic mass is 16.1. The van der Waals surface area contributed by atoms with Crippen molar-refractivity contribution in [3.05, 3.63) is 0 Å². The second kappa shape index (κ2) is 7.28. The van der Waals surface area contributed by atoms with E-state index >= 15 is 0 Å². The molecule has 106 valence electrons. The molecule has 0 spiro atoms. The molecule has 1 saturated heterocycles. The highest BCUT2D eigenvalue weighted by molar-refractivity contribution is 5.88. The van der Waals surface area contributed by atoms with E-state index in [0.717, 1.165) is 25.9 Å². The maximum Gasteiger partial charge on any atom is 0.153 e. The SMILES string of the molecule is CCCC(C)CC(=O)C(C)(CC)N1CCCCC1. The van der Waals surface area contributed by atoms with Crippen molar-refractivity contribution in [1.82, 2.24) is 4.90 Å². The molecule has 0 amide bonds. The van der Waals surface area contributed by atoms with Crippen LogP contribution in [0.4, 0.5) is 0 Å². The average Bonchev–Trinajstić information content (AvgIpc) is 2.39. The number of carbonyl (C=O) groups excluding carboxylic acids is 1. The molecule has 0 radical (unpaired) electrons. The fourth-order valence-corrected chi connectivity index (χ4v) is 3.12. The molecule has 0 aliphatic carbocycles. The van der Waals surface area contributed by atoms with Crippen LogP contribution in [0.2, 0.25) is 0 Å². The molecule has 0 aromatic heterocycles. The topological polar surface area (TPSA) is 20.3 Å². The minimum absolute atomic E-state index is 0.206. The quantitative estimate of drug-likeness (QED) is 0.682. The Kier molecular flexibility index (Phi) is 6.34. The molecule has 0 saturated carbocycles. The zero-order chi connectivity index (χ0) is 13.6. The van der Waals surface area contributed by atoms with Gasteiger partial charge in [0.15, 0.2) is 5.78 Å². The summed E-state index contributed by atoms with van der Waals surface area (Å²) in [5.74, 6) is 1.01. The molecule has 1 rings (SSSR count). The van der Waals surface area contributed by atoms with Crippen LogP contribution < -0.4 is 0 Å². The van der Waals surface area contributed by atoms with Crippen molar-refractivity contribution in [2.45, 2.75) is 78.2 Å². The van der Waals surface area contributed by atoms with Crippen molar-refractivity contribution < 1.29 is 4.79 Å². The zero-order valence-corrected chi connectivity index (χ0v) is 12.8. The van der Waals surface area contributed by atoms with E-state index in [-0.39, 0.29) is 5.54 Å². The van der Waals surface area contributed by atoms with E-state index in [1.165, 1.54) is 32.1 Å². The predicted octanol–water partition coefficient (Wildman–Crippen LogP) is 4.04. The highest BCUT2D eigenvalue weighted by Gasteiger charge is 2.37. The summed E-state index contributed by atoms with van der Waals surface area (Å²) in [6, 6.07) is 0. The van der Waals surface area contributed by atoms with Crippen molar-refractivity contribution >= 4 is 5.78 Å². The van der Waals surface area contributed by atoms with Gasteiger partial charge < -0.3 is 0 Å². The van der Waals surface area contributed by atoms with Crippen LogP contribution in [0, 0.1) is 5.92 Å². The van der Waals surface area contributed by atoms with E-state index in [0.29, 0.717) is 11.7 Å². The minimum atomic E-state index is -0.206. The molecule has 1 aliphatic rings. The first kappa shape index (κ1) is 15.7. The number of hydrogen-bond donors (Lipinski definition) is 0. The largest absolute Gasteiger partial charge is 0.298 e. The molecule has 0 aromatic rings. The summed E-state index contributed by atoms with van der Waals surface area (Å²) in [7, 11) is 0. The van der Waals surface area contributed by atoms with Gasteiger partial charge in [0.05, 0.1) is 5.54 Å². The molecule has 2 nitrogen and oxygen atoms in total. The molecule has 2 unspecified atom stereocenters. The van der Waals surface area contributed by atoms with Crippen molar-refractivity contribution in [2.75, 3.05) is 13.1 Å². The lowest BCUT2D eigenvalue weighted by Gasteiger charge is -2.42. The Morgan fingerprint density at radius 2 is 1.83 bits per heavy atom. The third-order valence-electron chi connectivity index (χ3n) is 4.66. The Morgan fingerprint density at radius 3 is 2.33 bits per heavy atom. The summed E-state index contributed by atoms with van der Waals surface area (Å²) in [5.41, 5.74) is -0.206. The second-order valence-electron chi connectivity index (χ2n) is 6.20. The normalized spacial score (nSPS) is 22.4. The van der Waals surface area contributed by atoms with Crippen LogP contribution in [0.3, 0.4) is 0 Å². The molecule has 0 bridgehead atoms. The van der Waals surface area contributed by atoms with Gasteiger partial charge in [0, 0.05) is 6.42 Å². The standard InChI is InChI=1S/C16H31NO/c1-5-10-14(3)13-15(18)16(4,6-2)17-11-8-7-9-12-17/h14H,5-13H2,1-4H3. The third-order valence-corrected chi connectivity index (χ3v) is 4.66. The summed E-state index contributed by atoms with van der Waals surface area (Å²) in [4.78, 5) is 15.1. The molecular weight excluding hydrogens is 222 g/mol. The van der Waals surface area contributed by atoms with Crippen LogP contribution in [0.5, 0.6) is 0 Å². The average molecular weight is 253 g/mol. The first-order valence-corrected chi connectivity index (χ1v) is 7.83. The van der Waals surface area contributed by atoms with Gasteiger partial charge in [-0.2, -0.15) is 0 Å². The van der Waals surface area contributed by atoms with Crippen molar-refractivity contribution in [3.63, 3.8) is 0 Å². The second-order valence-corrected chi connectivity index (χ2v) is 6.20. The predicted molar refractivity (Wildman–Crippen MR) is 77.8 cm³/mol. The molecule has 18 heavy (non-hydrogen) atoms. The molecule has 0 aromatic carbocycles. The van der Waals surface area contributed by atoms with E-state index < -0.39 is 0 Å². The summed E-state index contributed by atoms with van der Waals surface area (Å²) in [6.07, 6.45) is 7.91. The van der Waals surface area contributed by atoms with Crippen molar-refractivity contribution in [1.29, 1.82) is 0 Å². The third kappa shape index (κ3) is 3.81. The van der Waals surface area contributed by atoms with Crippen LogP contribution in [-0.4, -0.2) is 29.3 Å². The first-order chi connectivity index (χ1) is 8.54. The van der Waals surface area contributed by atoms with Gasteiger partial charge >= 0.3 is 0 Å². The number of nitrogens with zero attached hydrogens (tertiary/aromatic N) is 1. The monoisotopic (exact) mass is 253 g/mol. The van der Waals surface area contributed by atoms with E-state index in [9.17, 15) is 4.79 Å². The Morgan fingerprint density at radius 1 is 1.22 bits per heavy atom. The molecular formula is C16H31NO. The zero-order valence-electron chi connectivity index (χ0n) is 12.8. The molecule has 0 N–H and O–H groups in total. The summed E-state index contributed by atoms with van der Waals surface area (Å²) >= 11 is 0. The van der Waals surface area contributed by atoms with Gasteiger partial charge in [0.2, 0.25) is 0 Å². The first-order valence-electron chi connectivity index (χ1n) is 7.83. The van der Waals surface area contributed by atoms with Crippen LogP contribution in [-0.2, 0) is 4.79 Å². The highest BCUT2D eigenvalue weighted by Crippen LogP contribution is 2.28. The van der Waals surface area contributed by atoms with E-state index in [1.54, 1.807) is 0 Å². The van der Waals surface area contributed by atoms with E-state index in [1.807, 2.05) is 0 Å². The van der Waals surface area contributed by atoms with Gasteiger partial charge in [-0.05, 0) is 45.2 Å². The Balaban J connectivity index is 2.63. The lowest BCUT2D eigenvalue weighted by Crippen LogP contribution is -2.54. The number of carbonyl (C=O) groups is 1. The lowest BCUT2D eigenvalue weighted by molar-refractivity contribution is -0.132. The maximum absolute atomic E-state index is 12.6. The fourth-order valence-electron chi connectivity index (χ4n) is 3.12. The number of Topliss-reactive ketones (excluding diaryl/α,β-unsaturated/α-hetero) is 1. The van der Waals surface area contributed by atoms with E-state index in [2.05, 4.69) is 32.6 Å². The number of hydrogen-bond acceptors (Lipinski definition) is 2. The number of ketones is 1. The summed E-state index contributed by atoms with van der Waals surface area (Å²) in [6.45, 7) is 11.0. The van der Waals surface area contributed by atoms with Gasteiger partial charge in [0.25, 0.3) is 0 Å². The van der Waals surface area contributed by atoms with Crippen LogP contribution in [0.25, 0.3) is 0 Å². The molecule has 2 atom stereocenters. The number of piperidine rings is 1. The van der Waals surface area contributed by atoms with Crippen LogP contribution in [0.1, 0.15) is 72.6 Å². The fraction of sp³-hybridized carbons (Fsp3) is 0.938. The van der Waals surface area contributed by atoms with Gasteiger partial charge in [-0.3, -0.25) is 9.69 Å². The molecule has 1 heterocycles. The molecule has 1 fully saturated rings. The Hall–Kier alpha value is -0.370. The summed E-state index contributed by atoms with van der Waals surface area (Å²) < 4.78 is 0. The van der Waals surface area contributed by atoms with E-state index in [4.69, 9.17) is 0 Å². The summed E-state index contributed by atoms with van der Waals surface area (Å²) in [5, 5.41) is 0. The minimum Gasteiger partial charge on any atom is -0.298 e. The molecule has 1 aliphatic heterocycles. The molecule has 2 heteroatoms. The Bertz CT molecular complexity index is 258. The van der Waals surface area contributed by atoms with Gasteiger partial charge in [-0.25, -0.2) is 0 Å². The number of likely N-dealkylation sites (tertiary alicyclic amines) is 1. The number of rotatable bonds is 7.